The highest BCUT2D eigenvalue weighted by molar-refractivity contribution is 6.71. The predicted octanol–water partition coefficient (Wildman–Crippen LogP) is 4.22. The van der Waals surface area contributed by atoms with Crippen molar-refractivity contribution in [3.8, 4) is 0 Å². The first-order valence-electron chi connectivity index (χ1n) is 10.3. The molecule has 1 heterocycles. The van der Waals surface area contributed by atoms with Gasteiger partial charge in [0.25, 0.3) is 0 Å². The number of rotatable bonds is 9. The van der Waals surface area contributed by atoms with Crippen LogP contribution < -0.4 is 0 Å². The lowest BCUT2D eigenvalue weighted by molar-refractivity contribution is -0.274. The van der Waals surface area contributed by atoms with Gasteiger partial charge in [-0.15, -0.1) is 0 Å². The third-order valence-corrected chi connectivity index (χ3v) is 7.73. The van der Waals surface area contributed by atoms with Gasteiger partial charge in [0.2, 0.25) is 0 Å². The van der Waals surface area contributed by atoms with Gasteiger partial charge in [-0.25, -0.2) is 0 Å². The van der Waals surface area contributed by atoms with E-state index in [2.05, 4.69) is 78.6 Å². The van der Waals surface area contributed by atoms with Crippen LogP contribution in [0.25, 0.3) is 0 Å². The summed E-state index contributed by atoms with van der Waals surface area (Å²) in [6.07, 6.45) is -2.67. The molecule has 0 unspecified atom stereocenters. The van der Waals surface area contributed by atoms with E-state index < -0.39 is 45.7 Å². The molecule has 28 heavy (non-hydrogen) atoms. The van der Waals surface area contributed by atoms with Crippen molar-refractivity contribution >= 4 is 33.3 Å². The molecular formula is C18H44O6Si4. The lowest BCUT2D eigenvalue weighted by atomic mass is 9.99. The summed E-state index contributed by atoms with van der Waals surface area (Å²) >= 11 is 0. The fraction of sp³-hybridized carbons (Fsp3) is 1.00. The van der Waals surface area contributed by atoms with Crippen LogP contribution in [-0.2, 0) is 22.4 Å². The van der Waals surface area contributed by atoms with Crippen LogP contribution in [0, 0.1) is 0 Å². The minimum absolute atomic E-state index is 0.320. The molecule has 168 valence electrons. The second-order valence-electron chi connectivity index (χ2n) is 11.6. The van der Waals surface area contributed by atoms with Gasteiger partial charge >= 0.3 is 0 Å². The van der Waals surface area contributed by atoms with Gasteiger partial charge in [0.05, 0.1) is 6.61 Å². The van der Waals surface area contributed by atoms with Crippen LogP contribution in [0.2, 0.25) is 78.6 Å². The van der Waals surface area contributed by atoms with Gasteiger partial charge in [-0.2, -0.15) is 0 Å². The summed E-state index contributed by atoms with van der Waals surface area (Å²) in [5.74, 6) is 0. The monoisotopic (exact) mass is 468 g/mol. The van der Waals surface area contributed by atoms with Gasteiger partial charge in [0.15, 0.2) is 39.6 Å². The van der Waals surface area contributed by atoms with Crippen LogP contribution >= 0.6 is 0 Å². The first kappa shape index (κ1) is 26.7. The number of hydrogen-bond donors (Lipinski definition) is 1. The van der Waals surface area contributed by atoms with E-state index >= 15 is 0 Å². The Hall–Kier alpha value is 0.628. The number of ether oxygens (including phenoxy) is 1. The third kappa shape index (κ3) is 10.1. The molecular weight excluding hydrogens is 425 g/mol. The van der Waals surface area contributed by atoms with Crippen molar-refractivity contribution in [2.75, 3.05) is 6.61 Å². The normalized spacial score (nSPS) is 30.5. The van der Waals surface area contributed by atoms with E-state index in [0.717, 1.165) is 0 Å². The number of aliphatic hydroxyl groups is 1. The molecule has 5 atom stereocenters. The van der Waals surface area contributed by atoms with Crippen molar-refractivity contribution in [2.45, 2.75) is 109 Å². The maximum absolute atomic E-state index is 10.8. The van der Waals surface area contributed by atoms with E-state index in [1.54, 1.807) is 0 Å². The Balaban J connectivity index is 3.26. The Morgan fingerprint density at radius 3 is 1.39 bits per heavy atom. The SMILES string of the molecule is C[Si](C)(C)OC[C@@H]1O[C@H](O)[C@@H](O[Si](C)(C)C)[C@H](O[Si](C)(C)C)[C@H]1O[Si](C)(C)C. The molecule has 0 radical (unpaired) electrons. The van der Waals surface area contributed by atoms with E-state index in [1.807, 2.05) is 0 Å². The van der Waals surface area contributed by atoms with Crippen molar-refractivity contribution in [3.63, 3.8) is 0 Å². The average Bonchev–Trinajstić information content (AvgIpc) is 2.39. The van der Waals surface area contributed by atoms with Gasteiger partial charge in [-0.1, -0.05) is 0 Å². The summed E-state index contributed by atoms with van der Waals surface area (Å²) in [6, 6.07) is 0. The summed E-state index contributed by atoms with van der Waals surface area (Å²) in [5, 5.41) is 10.8. The minimum Gasteiger partial charge on any atom is -0.415 e. The molecule has 1 fully saturated rings. The van der Waals surface area contributed by atoms with E-state index in [0.29, 0.717) is 6.61 Å². The molecule has 0 spiro atoms. The highest BCUT2D eigenvalue weighted by Crippen LogP contribution is 2.33. The molecule has 1 N–H and O–H groups in total. The molecule has 0 aliphatic carbocycles. The Morgan fingerprint density at radius 2 is 1.00 bits per heavy atom. The lowest BCUT2D eigenvalue weighted by Gasteiger charge is -2.49. The molecule has 1 aliphatic rings. The number of aliphatic hydroxyl groups excluding tert-OH is 1. The fourth-order valence-electron chi connectivity index (χ4n) is 2.99. The van der Waals surface area contributed by atoms with Crippen molar-refractivity contribution in [2.24, 2.45) is 0 Å². The summed E-state index contributed by atoms with van der Waals surface area (Å²) in [5.41, 5.74) is 0. The van der Waals surface area contributed by atoms with Crippen LogP contribution in [0.1, 0.15) is 0 Å². The van der Waals surface area contributed by atoms with Crippen LogP contribution in [0.5, 0.6) is 0 Å². The molecule has 10 heteroatoms. The third-order valence-electron chi connectivity index (χ3n) is 3.76. The van der Waals surface area contributed by atoms with E-state index in [9.17, 15) is 5.11 Å². The van der Waals surface area contributed by atoms with Crippen LogP contribution in [0.3, 0.4) is 0 Å². The van der Waals surface area contributed by atoms with Crippen molar-refractivity contribution < 1.29 is 27.5 Å². The van der Waals surface area contributed by atoms with Crippen LogP contribution in [0.4, 0.5) is 0 Å². The van der Waals surface area contributed by atoms with Crippen LogP contribution in [0.15, 0.2) is 0 Å². The minimum atomic E-state index is -1.94. The largest absolute Gasteiger partial charge is 0.415 e. The van der Waals surface area contributed by atoms with Gasteiger partial charge in [-0.3, -0.25) is 0 Å². The summed E-state index contributed by atoms with van der Waals surface area (Å²) in [6.45, 7) is 26.1. The van der Waals surface area contributed by atoms with E-state index in [-0.39, 0.29) is 18.3 Å². The molecule has 1 rings (SSSR count). The standard InChI is InChI=1S/C18H44O6Si4/c1-25(2,3)20-13-14-15(22-26(4,5)6)16(23-27(7,8)9)17(18(19)21-14)24-28(10,11)12/h14-19H,13H2,1-12H3/t14-,15-,16+,17-,18-/m0/s1. The van der Waals surface area contributed by atoms with Gasteiger partial charge < -0.3 is 27.5 Å². The zero-order valence-corrected chi connectivity index (χ0v) is 24.1. The summed E-state index contributed by atoms with van der Waals surface area (Å²) in [7, 11) is -7.50. The Labute approximate surface area is 176 Å². The molecule has 0 aromatic heterocycles. The molecule has 0 aromatic rings. The first-order chi connectivity index (χ1) is 12.3. The Bertz CT molecular complexity index is 492. The maximum atomic E-state index is 10.8. The number of hydrogen-bond acceptors (Lipinski definition) is 6. The van der Waals surface area contributed by atoms with E-state index in [1.165, 1.54) is 0 Å². The second-order valence-corrected chi connectivity index (χ2v) is 29.5. The molecule has 0 amide bonds. The second kappa shape index (κ2) is 9.41. The zero-order valence-electron chi connectivity index (χ0n) is 20.1. The summed E-state index contributed by atoms with van der Waals surface area (Å²) < 4.78 is 31.7. The van der Waals surface area contributed by atoms with Crippen molar-refractivity contribution in [1.29, 1.82) is 0 Å². The fourth-order valence-corrected chi connectivity index (χ4v) is 6.91. The highest BCUT2D eigenvalue weighted by Gasteiger charge is 2.51. The zero-order chi connectivity index (χ0) is 22.1. The van der Waals surface area contributed by atoms with Crippen molar-refractivity contribution in [3.05, 3.63) is 0 Å². The molecule has 6 nitrogen and oxygen atoms in total. The molecule has 0 bridgehead atoms. The molecule has 0 aromatic carbocycles. The Kier molecular flexibility index (Phi) is 8.96. The molecule has 1 aliphatic heterocycles. The molecule has 0 saturated carbocycles. The van der Waals surface area contributed by atoms with E-state index in [4.69, 9.17) is 22.4 Å². The topological polar surface area (TPSA) is 66.4 Å². The average molecular weight is 469 g/mol. The quantitative estimate of drug-likeness (QED) is 0.511. The van der Waals surface area contributed by atoms with Crippen molar-refractivity contribution in [1.82, 2.24) is 0 Å². The predicted molar refractivity (Wildman–Crippen MR) is 125 cm³/mol. The van der Waals surface area contributed by atoms with Gasteiger partial charge in [0.1, 0.15) is 24.4 Å². The van der Waals surface area contributed by atoms with Gasteiger partial charge in [0, 0.05) is 0 Å². The lowest BCUT2D eigenvalue weighted by Crippen LogP contribution is -2.66. The first-order valence-corrected chi connectivity index (χ1v) is 23.9. The van der Waals surface area contributed by atoms with Gasteiger partial charge in [-0.05, 0) is 78.6 Å². The molecule has 1 saturated heterocycles. The smallest absolute Gasteiger partial charge is 0.184 e. The Morgan fingerprint density at radius 1 is 0.607 bits per heavy atom. The van der Waals surface area contributed by atoms with Crippen LogP contribution in [-0.4, -0.2) is 75.7 Å². The highest BCUT2D eigenvalue weighted by atomic mass is 28.4. The maximum Gasteiger partial charge on any atom is 0.184 e. The summed E-state index contributed by atoms with van der Waals surface area (Å²) in [4.78, 5) is 0.